The van der Waals surface area contributed by atoms with Gasteiger partial charge in [0.15, 0.2) is 0 Å². The molecule has 0 atom stereocenters. The van der Waals surface area contributed by atoms with E-state index in [9.17, 15) is 4.79 Å². The van der Waals surface area contributed by atoms with Crippen molar-refractivity contribution in [1.29, 1.82) is 0 Å². The van der Waals surface area contributed by atoms with Crippen molar-refractivity contribution in [3.8, 4) is 10.6 Å². The molecule has 0 saturated carbocycles. The number of benzene rings is 2. The number of carbonyl (C=O) groups is 1. The molecule has 0 bridgehead atoms. The molecule has 28 heavy (non-hydrogen) atoms. The minimum atomic E-state index is -0.186. The zero-order valence-electron chi connectivity index (χ0n) is 14.9. The lowest BCUT2D eigenvalue weighted by atomic mass is 10.1. The Morgan fingerprint density at radius 3 is 2.64 bits per heavy atom. The number of thiazole rings is 1. The number of hydrogen-bond donors (Lipinski definition) is 1. The molecule has 0 fully saturated rings. The fourth-order valence-corrected chi connectivity index (χ4v) is 3.76. The maximum Gasteiger partial charge on any atom is 0.271 e. The molecule has 0 radical (unpaired) electrons. The van der Waals surface area contributed by atoms with Gasteiger partial charge in [-0.3, -0.25) is 4.79 Å². The molecule has 0 saturated heterocycles. The minimum absolute atomic E-state index is 0.186. The maximum atomic E-state index is 12.5. The van der Waals surface area contributed by atoms with E-state index in [1.165, 1.54) is 11.3 Å². The average Bonchev–Trinajstić information content (AvgIpc) is 3.40. The van der Waals surface area contributed by atoms with Crippen molar-refractivity contribution in [2.24, 2.45) is 0 Å². The Morgan fingerprint density at radius 1 is 1.11 bits per heavy atom. The molecule has 2 aromatic heterocycles. The van der Waals surface area contributed by atoms with Crippen LogP contribution in [0.3, 0.4) is 0 Å². The van der Waals surface area contributed by atoms with Gasteiger partial charge in [-0.25, -0.2) is 9.97 Å². The first-order chi connectivity index (χ1) is 13.7. The summed E-state index contributed by atoms with van der Waals surface area (Å²) >= 11 is 7.36. The molecule has 1 amide bonds. The molecule has 4 rings (SSSR count). The molecule has 0 spiro atoms. The van der Waals surface area contributed by atoms with E-state index in [2.05, 4.69) is 21.4 Å². The van der Waals surface area contributed by atoms with Crippen LogP contribution in [-0.2, 0) is 13.1 Å². The Bertz CT molecular complexity index is 1070. The largest absolute Gasteiger partial charge is 0.347 e. The first-order valence-corrected chi connectivity index (χ1v) is 9.97. The predicted octanol–water partition coefficient (Wildman–Crippen LogP) is 4.64. The van der Waals surface area contributed by atoms with E-state index in [4.69, 9.17) is 11.6 Å². The molecule has 0 aliphatic rings. The van der Waals surface area contributed by atoms with Crippen molar-refractivity contribution < 1.29 is 4.79 Å². The van der Waals surface area contributed by atoms with Gasteiger partial charge in [0, 0.05) is 41.4 Å². The molecule has 2 heterocycles. The number of nitrogens with one attached hydrogen (secondary N) is 1. The van der Waals surface area contributed by atoms with Crippen molar-refractivity contribution in [2.45, 2.75) is 13.1 Å². The Morgan fingerprint density at radius 2 is 1.89 bits per heavy atom. The van der Waals surface area contributed by atoms with Gasteiger partial charge in [0.05, 0.1) is 6.33 Å². The molecular weight excluding hydrogens is 392 g/mol. The Balaban J connectivity index is 1.43. The van der Waals surface area contributed by atoms with Gasteiger partial charge in [-0.1, -0.05) is 48.0 Å². The lowest BCUT2D eigenvalue weighted by Crippen LogP contribution is -2.24. The van der Waals surface area contributed by atoms with Crippen LogP contribution in [0.1, 0.15) is 21.6 Å². The van der Waals surface area contributed by atoms with E-state index in [-0.39, 0.29) is 5.91 Å². The second kappa shape index (κ2) is 8.37. The average molecular weight is 409 g/mol. The smallest absolute Gasteiger partial charge is 0.271 e. The first-order valence-electron chi connectivity index (χ1n) is 8.71. The Kier molecular flexibility index (Phi) is 5.50. The molecule has 0 unspecified atom stereocenters. The van der Waals surface area contributed by atoms with Gasteiger partial charge >= 0.3 is 0 Å². The summed E-state index contributed by atoms with van der Waals surface area (Å²) in [6, 6.07) is 15.5. The highest BCUT2D eigenvalue weighted by Crippen LogP contribution is 2.25. The number of rotatable bonds is 6. The summed E-state index contributed by atoms with van der Waals surface area (Å²) in [6.45, 7) is 1.15. The topological polar surface area (TPSA) is 59.8 Å². The van der Waals surface area contributed by atoms with Gasteiger partial charge in [0.2, 0.25) is 0 Å². The number of carbonyl (C=O) groups excluding carboxylic acids is 1. The van der Waals surface area contributed by atoms with Crippen molar-refractivity contribution >= 4 is 28.8 Å². The van der Waals surface area contributed by atoms with Gasteiger partial charge in [0.1, 0.15) is 10.7 Å². The van der Waals surface area contributed by atoms with Crippen LogP contribution >= 0.6 is 22.9 Å². The number of imidazole rings is 1. The van der Waals surface area contributed by atoms with Crippen LogP contribution in [0.15, 0.2) is 72.6 Å². The van der Waals surface area contributed by atoms with Crippen molar-refractivity contribution in [3.05, 3.63) is 94.5 Å². The van der Waals surface area contributed by atoms with Crippen LogP contribution in [-0.4, -0.2) is 20.4 Å². The van der Waals surface area contributed by atoms with Crippen molar-refractivity contribution in [1.82, 2.24) is 19.9 Å². The highest BCUT2D eigenvalue weighted by molar-refractivity contribution is 7.13. The molecule has 2 aromatic carbocycles. The lowest BCUT2D eigenvalue weighted by molar-refractivity contribution is 0.0946. The zero-order chi connectivity index (χ0) is 19.3. The van der Waals surface area contributed by atoms with Gasteiger partial charge in [-0.15, -0.1) is 11.3 Å². The van der Waals surface area contributed by atoms with E-state index >= 15 is 0 Å². The van der Waals surface area contributed by atoms with Crippen molar-refractivity contribution in [3.63, 3.8) is 0 Å². The van der Waals surface area contributed by atoms with Crippen LogP contribution in [0, 0.1) is 0 Å². The summed E-state index contributed by atoms with van der Waals surface area (Å²) < 4.78 is 2.00. The van der Waals surface area contributed by atoms with Gasteiger partial charge in [0.25, 0.3) is 5.91 Å². The third-order valence-electron chi connectivity index (χ3n) is 4.30. The SMILES string of the molecule is O=C(NCc1ccccc1Cn1ccnc1)c1csc(-c2ccc(Cl)cc2)n1. The van der Waals surface area contributed by atoms with Crippen molar-refractivity contribution in [2.75, 3.05) is 0 Å². The van der Waals surface area contributed by atoms with Gasteiger partial charge < -0.3 is 9.88 Å². The van der Waals surface area contributed by atoms with Crippen LogP contribution in [0.25, 0.3) is 10.6 Å². The third kappa shape index (κ3) is 4.30. The quantitative estimate of drug-likeness (QED) is 0.505. The number of halogens is 1. The van der Waals surface area contributed by atoms with Crippen LogP contribution < -0.4 is 5.32 Å². The summed E-state index contributed by atoms with van der Waals surface area (Å²) in [4.78, 5) is 21.1. The molecule has 5 nitrogen and oxygen atoms in total. The fourth-order valence-electron chi connectivity index (χ4n) is 2.83. The Hall–Kier alpha value is -2.96. The summed E-state index contributed by atoms with van der Waals surface area (Å²) in [5.41, 5.74) is 3.57. The second-order valence-corrected chi connectivity index (χ2v) is 7.53. The molecule has 0 aliphatic carbocycles. The normalized spacial score (nSPS) is 10.8. The minimum Gasteiger partial charge on any atom is -0.347 e. The monoisotopic (exact) mass is 408 g/mol. The Labute approximate surface area is 171 Å². The fraction of sp³-hybridized carbons (Fsp3) is 0.0952. The van der Waals surface area contributed by atoms with E-state index < -0.39 is 0 Å². The molecule has 4 aromatic rings. The van der Waals surface area contributed by atoms with E-state index in [1.807, 2.05) is 53.2 Å². The number of amides is 1. The third-order valence-corrected chi connectivity index (χ3v) is 5.44. The van der Waals surface area contributed by atoms with Crippen LogP contribution in [0.5, 0.6) is 0 Å². The summed E-state index contributed by atoms with van der Waals surface area (Å²) in [7, 11) is 0. The maximum absolute atomic E-state index is 12.5. The highest BCUT2D eigenvalue weighted by atomic mass is 35.5. The summed E-state index contributed by atoms with van der Waals surface area (Å²) in [5, 5.41) is 6.21. The number of nitrogens with zero attached hydrogens (tertiary/aromatic N) is 3. The molecule has 0 aliphatic heterocycles. The van der Waals surface area contributed by atoms with E-state index in [0.717, 1.165) is 21.7 Å². The lowest BCUT2D eigenvalue weighted by Gasteiger charge is -2.10. The van der Waals surface area contributed by atoms with Crippen LogP contribution in [0.4, 0.5) is 0 Å². The predicted molar refractivity (Wildman–Crippen MR) is 112 cm³/mol. The standard InChI is InChI=1S/C21H17ClN4OS/c22-18-7-5-15(6-8-18)21-25-19(13-28-21)20(27)24-11-16-3-1-2-4-17(16)12-26-10-9-23-14-26/h1-10,13-14H,11-12H2,(H,24,27). The number of aromatic nitrogens is 3. The van der Waals surface area contributed by atoms with E-state index in [0.29, 0.717) is 23.8 Å². The first kappa shape index (κ1) is 18.4. The molecular formula is C21H17ClN4OS. The second-order valence-electron chi connectivity index (χ2n) is 6.23. The molecule has 7 heteroatoms. The highest BCUT2D eigenvalue weighted by Gasteiger charge is 2.12. The zero-order valence-corrected chi connectivity index (χ0v) is 16.5. The molecule has 140 valence electrons. The summed E-state index contributed by atoms with van der Waals surface area (Å²) in [6.07, 6.45) is 5.46. The van der Waals surface area contributed by atoms with Gasteiger partial charge in [-0.2, -0.15) is 0 Å². The number of hydrogen-bond acceptors (Lipinski definition) is 4. The summed E-state index contributed by atoms with van der Waals surface area (Å²) in [5.74, 6) is -0.186. The molecule has 1 N–H and O–H groups in total. The van der Waals surface area contributed by atoms with Crippen LogP contribution in [0.2, 0.25) is 5.02 Å². The van der Waals surface area contributed by atoms with E-state index in [1.54, 1.807) is 17.9 Å². The van der Waals surface area contributed by atoms with Gasteiger partial charge in [-0.05, 0) is 23.3 Å².